The van der Waals surface area contributed by atoms with Gasteiger partial charge in [-0.2, -0.15) is 0 Å². The molecular weight excluding hydrogens is 236 g/mol. The maximum absolute atomic E-state index is 4.37. The van der Waals surface area contributed by atoms with Crippen LogP contribution in [0.4, 0.5) is 0 Å². The first-order valence-corrected chi connectivity index (χ1v) is 6.79. The molecule has 1 aliphatic heterocycles. The Morgan fingerprint density at radius 1 is 1.00 bits per heavy atom. The fraction of sp³-hybridized carbons (Fsp3) is 0.400. The lowest BCUT2D eigenvalue weighted by molar-refractivity contribution is 0.203. The zero-order chi connectivity index (χ0) is 12.9. The van der Waals surface area contributed by atoms with Crippen molar-refractivity contribution in [3.05, 3.63) is 54.4 Å². The molecule has 1 saturated heterocycles. The molecule has 0 aromatic carbocycles. The fourth-order valence-electron chi connectivity index (χ4n) is 2.68. The molecule has 1 aliphatic rings. The number of nitrogens with zero attached hydrogens (tertiary/aromatic N) is 4. The summed E-state index contributed by atoms with van der Waals surface area (Å²) in [7, 11) is 0. The summed E-state index contributed by atoms with van der Waals surface area (Å²) in [5.74, 6) is 0.594. The fourth-order valence-corrected chi connectivity index (χ4v) is 2.68. The third-order valence-electron chi connectivity index (χ3n) is 3.77. The lowest BCUT2D eigenvalue weighted by atomic mass is 9.93. The van der Waals surface area contributed by atoms with Crippen molar-refractivity contribution in [1.29, 1.82) is 0 Å². The smallest absolute Gasteiger partial charge is 0.115 e. The molecule has 0 unspecified atom stereocenters. The van der Waals surface area contributed by atoms with Crippen LogP contribution in [0.3, 0.4) is 0 Å². The summed E-state index contributed by atoms with van der Waals surface area (Å²) >= 11 is 0. The van der Waals surface area contributed by atoms with Crippen LogP contribution in [0.25, 0.3) is 0 Å². The van der Waals surface area contributed by atoms with E-state index < -0.39 is 0 Å². The summed E-state index contributed by atoms with van der Waals surface area (Å²) in [6, 6.07) is 6.23. The summed E-state index contributed by atoms with van der Waals surface area (Å²) in [5, 5.41) is 0. The monoisotopic (exact) mass is 254 g/mol. The molecular formula is C15H18N4. The average Bonchev–Trinajstić information content (AvgIpc) is 2.50. The van der Waals surface area contributed by atoms with E-state index in [1.54, 1.807) is 6.33 Å². The van der Waals surface area contributed by atoms with E-state index in [1.165, 1.54) is 24.1 Å². The predicted octanol–water partition coefficient (Wildman–Crippen LogP) is 2.25. The van der Waals surface area contributed by atoms with Crippen LogP contribution in [0.1, 0.15) is 30.0 Å². The van der Waals surface area contributed by atoms with E-state index in [2.05, 4.69) is 32.0 Å². The van der Waals surface area contributed by atoms with Crippen molar-refractivity contribution in [1.82, 2.24) is 19.9 Å². The second-order valence-electron chi connectivity index (χ2n) is 5.04. The Balaban J connectivity index is 1.55. The van der Waals surface area contributed by atoms with E-state index in [0.29, 0.717) is 5.92 Å². The SMILES string of the molecule is c1cc(CN2CCC(c3ccncn3)CC2)ccn1. The molecule has 3 heterocycles. The average molecular weight is 254 g/mol. The standard InChI is InChI=1S/C15H18N4/c1-6-16-7-2-13(1)11-19-9-4-14(5-10-19)15-3-8-17-12-18-15/h1-3,6-8,12,14H,4-5,9-11H2. The minimum Gasteiger partial charge on any atom is -0.299 e. The molecule has 0 amide bonds. The van der Waals surface area contributed by atoms with Crippen LogP contribution >= 0.6 is 0 Å². The summed E-state index contributed by atoms with van der Waals surface area (Å²) in [6.07, 6.45) is 9.58. The molecule has 2 aromatic heterocycles. The normalized spacial score (nSPS) is 17.5. The number of pyridine rings is 1. The van der Waals surface area contributed by atoms with Gasteiger partial charge in [-0.15, -0.1) is 0 Å². The van der Waals surface area contributed by atoms with Crippen molar-refractivity contribution in [2.75, 3.05) is 13.1 Å². The van der Waals surface area contributed by atoms with Crippen molar-refractivity contribution in [2.24, 2.45) is 0 Å². The quantitative estimate of drug-likeness (QED) is 0.842. The van der Waals surface area contributed by atoms with Gasteiger partial charge >= 0.3 is 0 Å². The van der Waals surface area contributed by atoms with Crippen LogP contribution in [0.5, 0.6) is 0 Å². The molecule has 0 atom stereocenters. The van der Waals surface area contributed by atoms with Gasteiger partial charge in [0.25, 0.3) is 0 Å². The van der Waals surface area contributed by atoms with Crippen LogP contribution in [-0.4, -0.2) is 32.9 Å². The summed E-state index contributed by atoms with van der Waals surface area (Å²) in [4.78, 5) is 14.9. The van der Waals surface area contributed by atoms with Gasteiger partial charge in [0.15, 0.2) is 0 Å². The molecule has 0 radical (unpaired) electrons. The van der Waals surface area contributed by atoms with Crippen LogP contribution in [0.2, 0.25) is 0 Å². The highest BCUT2D eigenvalue weighted by Crippen LogP contribution is 2.26. The summed E-state index contributed by atoms with van der Waals surface area (Å²) in [6.45, 7) is 3.30. The van der Waals surface area contributed by atoms with E-state index in [9.17, 15) is 0 Å². The molecule has 0 N–H and O–H groups in total. The van der Waals surface area contributed by atoms with Crippen molar-refractivity contribution >= 4 is 0 Å². The van der Waals surface area contributed by atoms with Gasteiger partial charge in [0.2, 0.25) is 0 Å². The van der Waals surface area contributed by atoms with Gasteiger partial charge in [0.05, 0.1) is 0 Å². The third kappa shape index (κ3) is 3.15. The second-order valence-corrected chi connectivity index (χ2v) is 5.04. The van der Waals surface area contributed by atoms with E-state index in [-0.39, 0.29) is 0 Å². The summed E-state index contributed by atoms with van der Waals surface area (Å²) < 4.78 is 0. The number of hydrogen-bond donors (Lipinski definition) is 0. The van der Waals surface area contributed by atoms with Crippen molar-refractivity contribution < 1.29 is 0 Å². The topological polar surface area (TPSA) is 41.9 Å². The predicted molar refractivity (Wildman–Crippen MR) is 73.5 cm³/mol. The van der Waals surface area contributed by atoms with Crippen LogP contribution in [-0.2, 0) is 6.54 Å². The van der Waals surface area contributed by atoms with Gasteiger partial charge < -0.3 is 0 Å². The molecule has 0 aliphatic carbocycles. The van der Waals surface area contributed by atoms with E-state index in [4.69, 9.17) is 0 Å². The van der Waals surface area contributed by atoms with Crippen molar-refractivity contribution in [3.8, 4) is 0 Å². The van der Waals surface area contributed by atoms with E-state index in [0.717, 1.165) is 19.6 Å². The molecule has 98 valence electrons. The first-order chi connectivity index (χ1) is 9.42. The van der Waals surface area contributed by atoms with Gasteiger partial charge in [0, 0.05) is 36.7 Å². The zero-order valence-corrected chi connectivity index (χ0v) is 10.9. The Morgan fingerprint density at radius 2 is 1.74 bits per heavy atom. The number of hydrogen-bond acceptors (Lipinski definition) is 4. The molecule has 4 nitrogen and oxygen atoms in total. The molecule has 3 rings (SSSR count). The maximum Gasteiger partial charge on any atom is 0.115 e. The highest BCUT2D eigenvalue weighted by Gasteiger charge is 2.21. The minimum absolute atomic E-state index is 0.594. The van der Waals surface area contributed by atoms with Gasteiger partial charge in [-0.05, 0) is 49.7 Å². The highest BCUT2D eigenvalue weighted by atomic mass is 15.1. The van der Waals surface area contributed by atoms with Gasteiger partial charge in [0.1, 0.15) is 6.33 Å². The molecule has 19 heavy (non-hydrogen) atoms. The largest absolute Gasteiger partial charge is 0.299 e. The van der Waals surface area contributed by atoms with Crippen LogP contribution in [0, 0.1) is 0 Å². The number of rotatable bonds is 3. The molecule has 1 fully saturated rings. The highest BCUT2D eigenvalue weighted by molar-refractivity contribution is 5.11. The molecule has 4 heteroatoms. The Bertz CT molecular complexity index is 492. The maximum atomic E-state index is 4.37. The molecule has 0 spiro atoms. The van der Waals surface area contributed by atoms with Crippen molar-refractivity contribution in [3.63, 3.8) is 0 Å². The summed E-state index contributed by atoms with van der Waals surface area (Å²) in [5.41, 5.74) is 2.54. The number of aromatic nitrogens is 3. The third-order valence-corrected chi connectivity index (χ3v) is 3.77. The number of likely N-dealkylation sites (tertiary alicyclic amines) is 1. The first-order valence-electron chi connectivity index (χ1n) is 6.79. The minimum atomic E-state index is 0.594. The Kier molecular flexibility index (Phi) is 3.79. The van der Waals surface area contributed by atoms with E-state index in [1.807, 2.05) is 24.7 Å². The first kappa shape index (κ1) is 12.2. The van der Waals surface area contributed by atoms with Gasteiger partial charge in [-0.1, -0.05) is 0 Å². The molecule has 0 saturated carbocycles. The lowest BCUT2D eigenvalue weighted by Gasteiger charge is -2.31. The Morgan fingerprint density at radius 3 is 2.42 bits per heavy atom. The second kappa shape index (κ2) is 5.89. The Hall–Kier alpha value is -1.81. The van der Waals surface area contributed by atoms with Crippen LogP contribution in [0.15, 0.2) is 43.1 Å². The number of piperidine rings is 1. The Labute approximate surface area is 113 Å². The molecule has 0 bridgehead atoms. The lowest BCUT2D eigenvalue weighted by Crippen LogP contribution is -2.32. The van der Waals surface area contributed by atoms with Crippen LogP contribution < -0.4 is 0 Å². The zero-order valence-electron chi connectivity index (χ0n) is 10.9. The van der Waals surface area contributed by atoms with Crippen molar-refractivity contribution in [2.45, 2.75) is 25.3 Å². The molecule has 2 aromatic rings. The van der Waals surface area contributed by atoms with Gasteiger partial charge in [-0.25, -0.2) is 9.97 Å². The van der Waals surface area contributed by atoms with Gasteiger partial charge in [-0.3, -0.25) is 9.88 Å². The van der Waals surface area contributed by atoms with E-state index >= 15 is 0 Å².